The van der Waals surface area contributed by atoms with E-state index >= 15 is 0 Å². The van der Waals surface area contributed by atoms with Crippen molar-refractivity contribution in [3.8, 4) is 6.07 Å². The summed E-state index contributed by atoms with van der Waals surface area (Å²) in [5, 5.41) is 7.14. The number of nitriles is 1. The number of rotatable bonds is 1. The minimum Gasteiger partial charge on any atom is -0.204 e. The number of nitrogens with zero attached hydrogens (tertiary/aromatic N) is 1. The van der Waals surface area contributed by atoms with E-state index in [9.17, 15) is 13.2 Å². The summed E-state index contributed by atoms with van der Waals surface area (Å²) in [4.78, 5) is 0. The number of alkyl halides is 1. The molecule has 1 aromatic carbocycles. The Morgan fingerprint density at radius 3 is 2.08 bits per heavy atom. The standard InChI is InChI=1S/C8H3ClF3N/c9-5(3-13)4-1-6(10)8(12)7(11)2-4/h1-2,5H. The monoisotopic (exact) mass is 205 g/mol. The van der Waals surface area contributed by atoms with E-state index in [1.54, 1.807) is 6.07 Å². The van der Waals surface area contributed by atoms with Crippen LogP contribution in [0, 0.1) is 28.8 Å². The fraction of sp³-hybridized carbons (Fsp3) is 0.125. The summed E-state index contributed by atoms with van der Waals surface area (Å²) in [6.07, 6.45) is 0. The van der Waals surface area contributed by atoms with Gasteiger partial charge >= 0.3 is 0 Å². The third kappa shape index (κ3) is 1.93. The van der Waals surface area contributed by atoms with Crippen LogP contribution in [-0.2, 0) is 0 Å². The smallest absolute Gasteiger partial charge is 0.194 e. The van der Waals surface area contributed by atoms with E-state index in [-0.39, 0.29) is 5.56 Å². The zero-order valence-corrected chi connectivity index (χ0v) is 6.95. The van der Waals surface area contributed by atoms with Crippen molar-refractivity contribution in [1.29, 1.82) is 5.26 Å². The fourth-order valence-electron chi connectivity index (χ4n) is 0.796. The van der Waals surface area contributed by atoms with E-state index in [4.69, 9.17) is 16.9 Å². The molecule has 1 aromatic rings. The maximum atomic E-state index is 12.6. The Morgan fingerprint density at radius 1 is 1.23 bits per heavy atom. The molecule has 68 valence electrons. The molecule has 0 bridgehead atoms. The molecule has 0 amide bonds. The average molecular weight is 206 g/mol. The lowest BCUT2D eigenvalue weighted by Crippen LogP contribution is -1.95. The normalized spacial score (nSPS) is 12.2. The predicted octanol–water partition coefficient (Wildman–Crippen LogP) is 2.91. The van der Waals surface area contributed by atoms with E-state index in [0.717, 1.165) is 0 Å². The lowest BCUT2D eigenvalue weighted by atomic mass is 10.1. The molecular formula is C8H3ClF3N. The quantitative estimate of drug-likeness (QED) is 0.511. The molecule has 1 rings (SSSR count). The van der Waals surface area contributed by atoms with Crippen molar-refractivity contribution >= 4 is 11.6 Å². The molecule has 5 heteroatoms. The van der Waals surface area contributed by atoms with Crippen LogP contribution in [0.2, 0.25) is 0 Å². The van der Waals surface area contributed by atoms with Gasteiger partial charge in [-0.25, -0.2) is 13.2 Å². The number of hydrogen-bond donors (Lipinski definition) is 0. The van der Waals surface area contributed by atoms with Gasteiger partial charge in [0.2, 0.25) is 0 Å². The Bertz CT molecular complexity index is 349. The van der Waals surface area contributed by atoms with Crippen LogP contribution in [0.1, 0.15) is 10.9 Å². The van der Waals surface area contributed by atoms with Crippen LogP contribution in [-0.4, -0.2) is 0 Å². The topological polar surface area (TPSA) is 23.8 Å². The van der Waals surface area contributed by atoms with Crippen LogP contribution in [0.5, 0.6) is 0 Å². The minimum atomic E-state index is -1.56. The lowest BCUT2D eigenvalue weighted by molar-refractivity contribution is 0.445. The number of hydrogen-bond acceptors (Lipinski definition) is 1. The van der Waals surface area contributed by atoms with Crippen molar-refractivity contribution in [1.82, 2.24) is 0 Å². The molecular weight excluding hydrogens is 203 g/mol. The van der Waals surface area contributed by atoms with Crippen molar-refractivity contribution in [2.75, 3.05) is 0 Å². The third-order valence-electron chi connectivity index (χ3n) is 1.41. The minimum absolute atomic E-state index is 0.0967. The van der Waals surface area contributed by atoms with Crippen molar-refractivity contribution in [2.24, 2.45) is 0 Å². The molecule has 0 aliphatic carbocycles. The van der Waals surface area contributed by atoms with Crippen LogP contribution in [0.25, 0.3) is 0 Å². The molecule has 13 heavy (non-hydrogen) atoms. The van der Waals surface area contributed by atoms with Gasteiger partial charge in [-0.2, -0.15) is 5.26 Å². The molecule has 0 aromatic heterocycles. The summed E-state index contributed by atoms with van der Waals surface area (Å²) in [7, 11) is 0. The number of benzene rings is 1. The van der Waals surface area contributed by atoms with Crippen molar-refractivity contribution in [3.05, 3.63) is 35.1 Å². The first-order valence-electron chi connectivity index (χ1n) is 3.24. The SMILES string of the molecule is N#CC(Cl)c1cc(F)c(F)c(F)c1. The van der Waals surface area contributed by atoms with Crippen LogP contribution in [0.3, 0.4) is 0 Å². The van der Waals surface area contributed by atoms with Crippen LogP contribution in [0.15, 0.2) is 12.1 Å². The average Bonchev–Trinajstić information content (AvgIpc) is 2.12. The Morgan fingerprint density at radius 2 is 1.69 bits per heavy atom. The highest BCUT2D eigenvalue weighted by molar-refractivity contribution is 6.22. The summed E-state index contributed by atoms with van der Waals surface area (Å²) in [5.41, 5.74) is -0.0967. The highest BCUT2D eigenvalue weighted by Gasteiger charge is 2.14. The van der Waals surface area contributed by atoms with Crippen molar-refractivity contribution in [2.45, 2.75) is 5.38 Å². The van der Waals surface area contributed by atoms with Gasteiger partial charge in [0.1, 0.15) is 5.38 Å². The lowest BCUT2D eigenvalue weighted by Gasteiger charge is -2.02. The molecule has 1 atom stereocenters. The van der Waals surface area contributed by atoms with E-state index in [1.165, 1.54) is 0 Å². The largest absolute Gasteiger partial charge is 0.204 e. The van der Waals surface area contributed by atoms with Gasteiger partial charge in [0, 0.05) is 0 Å². The van der Waals surface area contributed by atoms with E-state index < -0.39 is 22.8 Å². The first kappa shape index (κ1) is 9.87. The molecule has 0 saturated heterocycles. The summed E-state index contributed by atoms with van der Waals surface area (Å²) in [6, 6.07) is 2.95. The summed E-state index contributed by atoms with van der Waals surface area (Å²) in [6.45, 7) is 0. The first-order valence-corrected chi connectivity index (χ1v) is 3.68. The molecule has 0 saturated carbocycles. The fourth-order valence-corrected chi connectivity index (χ4v) is 0.922. The van der Waals surface area contributed by atoms with E-state index in [0.29, 0.717) is 12.1 Å². The second-order valence-electron chi connectivity index (χ2n) is 2.29. The second kappa shape index (κ2) is 3.67. The summed E-state index contributed by atoms with van der Waals surface area (Å²) < 4.78 is 37.5. The van der Waals surface area contributed by atoms with Gasteiger partial charge in [-0.05, 0) is 17.7 Å². The van der Waals surface area contributed by atoms with Gasteiger partial charge in [-0.15, -0.1) is 11.6 Å². The Balaban J connectivity index is 3.22. The summed E-state index contributed by atoms with van der Waals surface area (Å²) >= 11 is 5.37. The zero-order valence-electron chi connectivity index (χ0n) is 6.19. The predicted molar refractivity (Wildman–Crippen MR) is 40.5 cm³/mol. The zero-order chi connectivity index (χ0) is 10.0. The van der Waals surface area contributed by atoms with Crippen molar-refractivity contribution in [3.63, 3.8) is 0 Å². The van der Waals surface area contributed by atoms with Crippen LogP contribution >= 0.6 is 11.6 Å². The van der Waals surface area contributed by atoms with Crippen LogP contribution < -0.4 is 0 Å². The van der Waals surface area contributed by atoms with Gasteiger partial charge < -0.3 is 0 Å². The summed E-state index contributed by atoms with van der Waals surface area (Å²) in [5.74, 6) is -4.27. The molecule has 1 unspecified atom stereocenters. The highest BCUT2D eigenvalue weighted by atomic mass is 35.5. The molecule has 0 fully saturated rings. The Labute approximate surface area is 77.4 Å². The van der Waals surface area contributed by atoms with Gasteiger partial charge in [-0.1, -0.05) is 0 Å². The van der Waals surface area contributed by atoms with Gasteiger partial charge in [0.15, 0.2) is 17.5 Å². The van der Waals surface area contributed by atoms with E-state index in [2.05, 4.69) is 0 Å². The second-order valence-corrected chi connectivity index (χ2v) is 2.73. The first-order chi connectivity index (χ1) is 6.06. The number of halogens is 4. The molecule has 0 N–H and O–H groups in total. The van der Waals surface area contributed by atoms with Gasteiger partial charge in [0.05, 0.1) is 6.07 Å². The Kier molecular flexibility index (Phi) is 2.79. The molecule has 0 aliphatic heterocycles. The van der Waals surface area contributed by atoms with Gasteiger partial charge in [-0.3, -0.25) is 0 Å². The van der Waals surface area contributed by atoms with E-state index in [1.807, 2.05) is 0 Å². The third-order valence-corrected chi connectivity index (χ3v) is 1.76. The maximum absolute atomic E-state index is 12.6. The molecule has 0 aliphatic rings. The maximum Gasteiger partial charge on any atom is 0.194 e. The highest BCUT2D eigenvalue weighted by Crippen LogP contribution is 2.23. The van der Waals surface area contributed by atoms with Crippen molar-refractivity contribution < 1.29 is 13.2 Å². The molecule has 0 heterocycles. The molecule has 0 radical (unpaired) electrons. The van der Waals surface area contributed by atoms with Gasteiger partial charge in [0.25, 0.3) is 0 Å². The molecule has 0 spiro atoms. The Hall–Kier alpha value is -1.21. The molecule has 1 nitrogen and oxygen atoms in total. The van der Waals surface area contributed by atoms with Crippen LogP contribution in [0.4, 0.5) is 13.2 Å².